The van der Waals surface area contributed by atoms with Gasteiger partial charge in [-0.05, 0) is 38.0 Å². The van der Waals surface area contributed by atoms with Crippen molar-refractivity contribution in [3.05, 3.63) is 72.7 Å². The molecule has 2 rings (SSSR count). The van der Waals surface area contributed by atoms with Crippen molar-refractivity contribution >= 4 is 11.0 Å². The summed E-state index contributed by atoms with van der Waals surface area (Å²) in [6.45, 7) is 7.70. The van der Waals surface area contributed by atoms with Gasteiger partial charge in [-0.15, -0.1) is 6.58 Å². The van der Waals surface area contributed by atoms with Crippen LogP contribution in [0.15, 0.2) is 65.8 Å². The van der Waals surface area contributed by atoms with Gasteiger partial charge in [0.05, 0.1) is 17.1 Å². The Morgan fingerprint density at radius 1 is 1.29 bits per heavy atom. The Kier molecular flexibility index (Phi) is 5.15. The van der Waals surface area contributed by atoms with Crippen LogP contribution in [0.3, 0.4) is 0 Å². The largest absolute Gasteiger partial charge is 0.468 e. The molecule has 1 N–H and O–H groups in total. The van der Waals surface area contributed by atoms with Crippen LogP contribution in [0.4, 0.5) is 0 Å². The minimum absolute atomic E-state index is 0.138. The molecular formula is C17H21NO2S. The van der Waals surface area contributed by atoms with E-state index in [1.54, 1.807) is 12.3 Å². The van der Waals surface area contributed by atoms with Gasteiger partial charge in [0.1, 0.15) is 16.7 Å². The number of nitrogens with one attached hydrogen (secondary N) is 1. The molecule has 2 atom stereocenters. The molecule has 0 aliphatic rings. The van der Waals surface area contributed by atoms with Crippen LogP contribution in [-0.2, 0) is 15.7 Å². The quantitative estimate of drug-likeness (QED) is 0.783. The van der Waals surface area contributed by atoms with Gasteiger partial charge < -0.3 is 4.42 Å². The lowest BCUT2D eigenvalue weighted by Crippen LogP contribution is -2.36. The Bertz CT molecular complexity index is 591. The predicted octanol–water partition coefficient (Wildman–Crippen LogP) is 4.09. The molecular weight excluding hydrogens is 282 g/mol. The number of hydrogen-bond donors (Lipinski definition) is 1. The van der Waals surface area contributed by atoms with E-state index in [-0.39, 0.29) is 6.04 Å². The minimum Gasteiger partial charge on any atom is -0.468 e. The standard InChI is InChI=1S/C17H21NO2S/c1-4-9-15(16-12-8-13-20-16)18-21(19)17(2,3)14-10-6-5-7-11-14/h4-8,10-13,15,18H,1,9H2,2-3H3/t15-,21+/m0/s1. The van der Waals surface area contributed by atoms with E-state index in [0.29, 0.717) is 6.42 Å². The highest BCUT2D eigenvalue weighted by molar-refractivity contribution is 7.84. The zero-order valence-electron chi connectivity index (χ0n) is 12.4. The molecule has 21 heavy (non-hydrogen) atoms. The molecule has 0 aliphatic heterocycles. The summed E-state index contributed by atoms with van der Waals surface area (Å²) < 4.78 is 20.9. The fourth-order valence-corrected chi connectivity index (χ4v) is 3.22. The topological polar surface area (TPSA) is 42.2 Å². The van der Waals surface area contributed by atoms with E-state index < -0.39 is 15.7 Å². The van der Waals surface area contributed by atoms with Gasteiger partial charge in [-0.1, -0.05) is 36.4 Å². The Hall–Kier alpha value is -1.65. The molecule has 0 bridgehead atoms. The second-order valence-electron chi connectivity index (χ2n) is 5.36. The molecule has 0 amide bonds. The third-order valence-corrected chi connectivity index (χ3v) is 5.13. The van der Waals surface area contributed by atoms with Crippen molar-refractivity contribution < 1.29 is 8.63 Å². The van der Waals surface area contributed by atoms with Crippen molar-refractivity contribution in [3.8, 4) is 0 Å². The lowest BCUT2D eigenvalue weighted by Gasteiger charge is -2.27. The van der Waals surface area contributed by atoms with Crippen molar-refractivity contribution in [1.29, 1.82) is 0 Å². The summed E-state index contributed by atoms with van der Waals surface area (Å²) in [6, 6.07) is 13.4. The van der Waals surface area contributed by atoms with E-state index in [0.717, 1.165) is 11.3 Å². The fourth-order valence-electron chi connectivity index (χ4n) is 2.10. The summed E-state index contributed by atoms with van der Waals surface area (Å²) in [6.07, 6.45) is 4.08. The van der Waals surface area contributed by atoms with Crippen molar-refractivity contribution in [2.45, 2.75) is 31.1 Å². The summed E-state index contributed by atoms with van der Waals surface area (Å²) >= 11 is 0. The molecule has 2 aromatic rings. The lowest BCUT2D eigenvalue weighted by atomic mass is 10.0. The summed E-state index contributed by atoms with van der Waals surface area (Å²) in [7, 11) is -1.26. The average molecular weight is 303 g/mol. The van der Waals surface area contributed by atoms with Gasteiger partial charge in [-0.3, -0.25) is 0 Å². The third kappa shape index (κ3) is 3.71. The maximum atomic E-state index is 12.8. The van der Waals surface area contributed by atoms with Crippen LogP contribution >= 0.6 is 0 Å². The van der Waals surface area contributed by atoms with Gasteiger partial charge in [-0.2, -0.15) is 0 Å². The van der Waals surface area contributed by atoms with Crippen molar-refractivity contribution in [2.24, 2.45) is 0 Å². The van der Waals surface area contributed by atoms with E-state index in [9.17, 15) is 4.21 Å². The van der Waals surface area contributed by atoms with Gasteiger partial charge in [0.15, 0.2) is 0 Å². The summed E-state index contributed by atoms with van der Waals surface area (Å²) in [5.41, 5.74) is 1.03. The van der Waals surface area contributed by atoms with Crippen LogP contribution in [0.5, 0.6) is 0 Å². The SMILES string of the molecule is C=CC[C@H](N[S@](=O)C(C)(C)c1ccccc1)c1ccco1. The van der Waals surface area contributed by atoms with Crippen LogP contribution in [0.25, 0.3) is 0 Å². The Morgan fingerprint density at radius 3 is 2.57 bits per heavy atom. The van der Waals surface area contributed by atoms with Crippen LogP contribution in [0.1, 0.15) is 37.6 Å². The highest BCUT2D eigenvalue weighted by Crippen LogP contribution is 2.28. The van der Waals surface area contributed by atoms with Crippen LogP contribution in [-0.4, -0.2) is 4.21 Å². The Morgan fingerprint density at radius 2 is 2.00 bits per heavy atom. The van der Waals surface area contributed by atoms with E-state index in [2.05, 4.69) is 11.3 Å². The first-order chi connectivity index (χ1) is 10.1. The monoisotopic (exact) mass is 303 g/mol. The molecule has 0 saturated carbocycles. The highest BCUT2D eigenvalue weighted by Gasteiger charge is 2.30. The van der Waals surface area contributed by atoms with Crippen molar-refractivity contribution in [2.75, 3.05) is 0 Å². The van der Waals surface area contributed by atoms with Crippen LogP contribution in [0, 0.1) is 0 Å². The fraction of sp³-hybridized carbons (Fsp3) is 0.294. The Labute approximate surface area is 128 Å². The summed E-state index contributed by atoms with van der Waals surface area (Å²) in [4.78, 5) is 0. The predicted molar refractivity (Wildman–Crippen MR) is 87.0 cm³/mol. The lowest BCUT2D eigenvalue weighted by molar-refractivity contribution is 0.449. The van der Waals surface area contributed by atoms with Gasteiger partial charge in [-0.25, -0.2) is 8.93 Å². The van der Waals surface area contributed by atoms with E-state index in [1.165, 1.54) is 0 Å². The average Bonchev–Trinajstić information content (AvgIpc) is 3.01. The molecule has 0 unspecified atom stereocenters. The molecule has 1 aromatic carbocycles. The molecule has 0 fully saturated rings. The van der Waals surface area contributed by atoms with E-state index in [4.69, 9.17) is 4.42 Å². The van der Waals surface area contributed by atoms with E-state index in [1.807, 2.05) is 56.3 Å². The number of furan rings is 1. The molecule has 1 heterocycles. The molecule has 3 nitrogen and oxygen atoms in total. The number of rotatable bonds is 7. The number of benzene rings is 1. The smallest absolute Gasteiger partial charge is 0.121 e. The zero-order valence-corrected chi connectivity index (χ0v) is 13.2. The van der Waals surface area contributed by atoms with Crippen molar-refractivity contribution in [3.63, 3.8) is 0 Å². The molecule has 4 heteroatoms. The van der Waals surface area contributed by atoms with Gasteiger partial charge in [0, 0.05) is 0 Å². The highest BCUT2D eigenvalue weighted by atomic mass is 32.2. The van der Waals surface area contributed by atoms with Gasteiger partial charge in [0.25, 0.3) is 0 Å². The first kappa shape index (κ1) is 15.7. The molecule has 0 saturated heterocycles. The van der Waals surface area contributed by atoms with E-state index >= 15 is 0 Å². The second-order valence-corrected chi connectivity index (χ2v) is 7.15. The maximum Gasteiger partial charge on any atom is 0.121 e. The van der Waals surface area contributed by atoms with Crippen LogP contribution < -0.4 is 4.72 Å². The molecule has 0 radical (unpaired) electrons. The van der Waals surface area contributed by atoms with Gasteiger partial charge in [0.2, 0.25) is 0 Å². The first-order valence-electron chi connectivity index (χ1n) is 6.93. The zero-order chi connectivity index (χ0) is 15.3. The first-order valence-corrected chi connectivity index (χ1v) is 8.08. The molecule has 1 aromatic heterocycles. The normalized spacial score (nSPS) is 14.6. The molecule has 0 spiro atoms. The Balaban J connectivity index is 2.17. The number of hydrogen-bond acceptors (Lipinski definition) is 2. The maximum absolute atomic E-state index is 12.8. The van der Waals surface area contributed by atoms with Crippen LogP contribution in [0.2, 0.25) is 0 Å². The molecule has 0 aliphatic carbocycles. The second kappa shape index (κ2) is 6.87. The minimum atomic E-state index is -1.26. The summed E-state index contributed by atoms with van der Waals surface area (Å²) in [5.74, 6) is 0.770. The van der Waals surface area contributed by atoms with Crippen molar-refractivity contribution in [1.82, 2.24) is 4.72 Å². The molecule has 112 valence electrons. The third-order valence-electron chi connectivity index (χ3n) is 3.47. The summed E-state index contributed by atoms with van der Waals surface area (Å²) in [5, 5.41) is 0. The van der Waals surface area contributed by atoms with Gasteiger partial charge >= 0.3 is 0 Å².